The fraction of sp³-hybridized carbons (Fsp3) is 1.00. The van der Waals surface area contributed by atoms with Gasteiger partial charge in [0.05, 0.1) is 23.7 Å². The SMILES string of the molecule is CCC(S)OCC1C[C@@]1(CC)OC1C[C@]2(C)CCC12C. The van der Waals surface area contributed by atoms with E-state index in [1.807, 2.05) is 0 Å². The van der Waals surface area contributed by atoms with Crippen molar-refractivity contribution in [3.8, 4) is 0 Å². The van der Waals surface area contributed by atoms with Crippen molar-refractivity contribution in [3.63, 3.8) is 0 Å². The third kappa shape index (κ3) is 2.07. The summed E-state index contributed by atoms with van der Waals surface area (Å²) in [6, 6.07) is 0. The highest BCUT2D eigenvalue weighted by molar-refractivity contribution is 7.80. The monoisotopic (exact) mass is 298 g/mol. The van der Waals surface area contributed by atoms with Gasteiger partial charge in [0.1, 0.15) is 0 Å². The molecule has 0 N–H and O–H groups in total. The molecular formula is C17H30O2S. The molecule has 6 atom stereocenters. The number of rotatable bonds is 7. The second-order valence-corrected chi connectivity index (χ2v) is 8.38. The van der Waals surface area contributed by atoms with Crippen LogP contribution in [0, 0.1) is 16.7 Å². The first-order valence-corrected chi connectivity index (χ1v) is 8.88. The van der Waals surface area contributed by atoms with Gasteiger partial charge in [-0.25, -0.2) is 0 Å². The van der Waals surface area contributed by atoms with E-state index in [1.165, 1.54) is 25.7 Å². The van der Waals surface area contributed by atoms with Gasteiger partial charge in [-0.3, -0.25) is 0 Å². The molecule has 0 spiro atoms. The Kier molecular flexibility index (Phi) is 3.71. The lowest BCUT2D eigenvalue weighted by Crippen LogP contribution is -2.67. The summed E-state index contributed by atoms with van der Waals surface area (Å²) in [6.45, 7) is 10.1. The van der Waals surface area contributed by atoms with Crippen LogP contribution in [-0.2, 0) is 9.47 Å². The average molecular weight is 298 g/mol. The van der Waals surface area contributed by atoms with Crippen LogP contribution in [0.15, 0.2) is 0 Å². The van der Waals surface area contributed by atoms with E-state index in [0.717, 1.165) is 19.4 Å². The minimum atomic E-state index is 0.0845. The molecule has 4 unspecified atom stereocenters. The molecule has 0 aliphatic heterocycles. The smallest absolute Gasteiger partial charge is 0.0997 e. The van der Waals surface area contributed by atoms with Gasteiger partial charge in [-0.05, 0) is 49.4 Å². The van der Waals surface area contributed by atoms with Crippen molar-refractivity contribution in [2.45, 2.75) is 83.4 Å². The van der Waals surface area contributed by atoms with Gasteiger partial charge in [-0.15, -0.1) is 12.6 Å². The largest absolute Gasteiger partial charge is 0.371 e. The summed E-state index contributed by atoms with van der Waals surface area (Å²) < 4.78 is 12.4. The number of hydrogen-bond donors (Lipinski definition) is 1. The topological polar surface area (TPSA) is 18.5 Å². The Labute approximate surface area is 129 Å². The van der Waals surface area contributed by atoms with E-state index >= 15 is 0 Å². The van der Waals surface area contributed by atoms with Gasteiger partial charge in [0, 0.05) is 5.92 Å². The van der Waals surface area contributed by atoms with Crippen molar-refractivity contribution >= 4 is 12.6 Å². The Hall–Kier alpha value is 0.270. The normalized spacial score (nSPS) is 50.9. The van der Waals surface area contributed by atoms with Gasteiger partial charge in [-0.1, -0.05) is 27.7 Å². The molecule has 3 aliphatic carbocycles. The second kappa shape index (κ2) is 4.89. The summed E-state index contributed by atoms with van der Waals surface area (Å²) in [5, 5.41) is 0. The Bertz CT molecular complexity index is 387. The maximum Gasteiger partial charge on any atom is 0.0997 e. The molecular weight excluding hydrogens is 268 g/mol. The summed E-state index contributed by atoms with van der Waals surface area (Å²) >= 11 is 4.41. The molecule has 0 radical (unpaired) electrons. The summed E-state index contributed by atoms with van der Waals surface area (Å²) in [4.78, 5) is 0. The van der Waals surface area contributed by atoms with Gasteiger partial charge < -0.3 is 9.47 Å². The molecule has 3 heteroatoms. The van der Waals surface area contributed by atoms with Crippen LogP contribution in [-0.4, -0.2) is 23.7 Å². The minimum Gasteiger partial charge on any atom is -0.371 e. The Morgan fingerprint density at radius 1 is 1.20 bits per heavy atom. The van der Waals surface area contributed by atoms with Crippen LogP contribution in [0.3, 0.4) is 0 Å². The Balaban J connectivity index is 1.52. The molecule has 3 fully saturated rings. The van der Waals surface area contributed by atoms with E-state index in [9.17, 15) is 0 Å². The molecule has 0 aromatic carbocycles. The minimum absolute atomic E-state index is 0.0845. The molecule has 0 aromatic heterocycles. The molecule has 0 bridgehead atoms. The van der Waals surface area contributed by atoms with Gasteiger partial charge in [0.15, 0.2) is 0 Å². The zero-order valence-corrected chi connectivity index (χ0v) is 14.3. The van der Waals surface area contributed by atoms with Crippen molar-refractivity contribution < 1.29 is 9.47 Å². The summed E-state index contributed by atoms with van der Waals surface area (Å²) in [6.07, 6.45) is 7.77. The van der Waals surface area contributed by atoms with Crippen molar-refractivity contribution in [2.75, 3.05) is 6.61 Å². The first-order chi connectivity index (χ1) is 9.39. The zero-order chi connectivity index (χ0) is 14.6. The standard InChI is InChI=1S/C17H30O2S/c1-5-14(20)18-11-12-9-17(12,6-2)19-13-10-15(3)7-8-16(13,15)4/h12-14,20H,5-11H2,1-4H3/t12?,13?,14?,15-,16?,17+/m0/s1. The summed E-state index contributed by atoms with van der Waals surface area (Å²) in [5.74, 6) is 0.587. The summed E-state index contributed by atoms with van der Waals surface area (Å²) in [7, 11) is 0. The zero-order valence-electron chi connectivity index (χ0n) is 13.4. The molecule has 0 amide bonds. The van der Waals surface area contributed by atoms with Crippen LogP contribution < -0.4 is 0 Å². The molecule has 116 valence electrons. The highest BCUT2D eigenvalue weighted by Gasteiger charge is 2.69. The molecule has 0 saturated heterocycles. The fourth-order valence-corrected chi connectivity index (χ4v) is 4.45. The van der Waals surface area contributed by atoms with Crippen LogP contribution in [0.25, 0.3) is 0 Å². The van der Waals surface area contributed by atoms with Gasteiger partial charge in [-0.2, -0.15) is 0 Å². The quantitative estimate of drug-likeness (QED) is 0.553. The first kappa shape index (κ1) is 15.2. The number of thiol groups is 1. The summed E-state index contributed by atoms with van der Waals surface area (Å²) in [5.41, 5.74) is 1.23. The van der Waals surface area contributed by atoms with E-state index in [-0.39, 0.29) is 11.0 Å². The number of fused-ring (bicyclic) bond motifs is 1. The van der Waals surface area contributed by atoms with Crippen molar-refractivity contribution in [2.24, 2.45) is 16.7 Å². The van der Waals surface area contributed by atoms with Gasteiger partial charge in [0.2, 0.25) is 0 Å². The third-order valence-corrected chi connectivity index (χ3v) is 7.43. The third-order valence-electron chi connectivity index (χ3n) is 6.91. The predicted molar refractivity (Wildman–Crippen MR) is 85.1 cm³/mol. The Morgan fingerprint density at radius 2 is 1.95 bits per heavy atom. The molecule has 3 rings (SSSR count). The highest BCUT2D eigenvalue weighted by atomic mass is 32.1. The van der Waals surface area contributed by atoms with E-state index < -0.39 is 0 Å². The molecule has 2 nitrogen and oxygen atoms in total. The fourth-order valence-electron chi connectivity index (χ4n) is 4.36. The second-order valence-electron chi connectivity index (χ2n) is 7.80. The average Bonchev–Trinajstić information content (AvgIpc) is 3.15. The van der Waals surface area contributed by atoms with Crippen LogP contribution in [0.1, 0.15) is 66.2 Å². The van der Waals surface area contributed by atoms with Crippen molar-refractivity contribution in [1.82, 2.24) is 0 Å². The van der Waals surface area contributed by atoms with E-state index in [0.29, 0.717) is 22.9 Å². The number of ether oxygens (including phenoxy) is 2. The predicted octanol–water partition coefficient (Wildman–Crippen LogP) is 4.43. The van der Waals surface area contributed by atoms with Crippen LogP contribution in [0.4, 0.5) is 0 Å². The first-order valence-electron chi connectivity index (χ1n) is 8.36. The van der Waals surface area contributed by atoms with Crippen LogP contribution in [0.2, 0.25) is 0 Å². The maximum absolute atomic E-state index is 6.61. The van der Waals surface area contributed by atoms with Crippen LogP contribution >= 0.6 is 12.6 Å². The van der Waals surface area contributed by atoms with Gasteiger partial charge >= 0.3 is 0 Å². The molecule has 0 heterocycles. The molecule has 3 saturated carbocycles. The van der Waals surface area contributed by atoms with E-state index in [2.05, 4.69) is 40.3 Å². The number of hydrogen-bond acceptors (Lipinski definition) is 3. The Morgan fingerprint density at radius 3 is 2.40 bits per heavy atom. The molecule has 20 heavy (non-hydrogen) atoms. The lowest BCUT2D eigenvalue weighted by Gasteiger charge is -2.70. The highest BCUT2D eigenvalue weighted by Crippen LogP contribution is 2.72. The van der Waals surface area contributed by atoms with Gasteiger partial charge in [0.25, 0.3) is 0 Å². The maximum atomic E-state index is 6.61. The molecule has 3 aliphatic rings. The van der Waals surface area contributed by atoms with Crippen LogP contribution in [0.5, 0.6) is 0 Å². The van der Waals surface area contributed by atoms with Crippen molar-refractivity contribution in [1.29, 1.82) is 0 Å². The lowest BCUT2D eigenvalue weighted by molar-refractivity contribution is -0.281. The lowest BCUT2D eigenvalue weighted by atomic mass is 9.38. The van der Waals surface area contributed by atoms with Crippen molar-refractivity contribution in [3.05, 3.63) is 0 Å². The molecule has 0 aromatic rings. The van der Waals surface area contributed by atoms with E-state index in [1.54, 1.807) is 0 Å². The van der Waals surface area contributed by atoms with E-state index in [4.69, 9.17) is 9.47 Å².